The molecule has 0 spiro atoms. The van der Waals surface area contributed by atoms with E-state index in [0.717, 1.165) is 23.7 Å². The quantitative estimate of drug-likeness (QED) is 0.834. The number of rotatable bonds is 3. The highest BCUT2D eigenvalue weighted by atomic mass is 15.2. The Balaban J connectivity index is 2.51. The summed E-state index contributed by atoms with van der Waals surface area (Å²) >= 11 is 0. The maximum absolute atomic E-state index is 9.23. The van der Waals surface area contributed by atoms with Crippen LogP contribution in [-0.4, -0.2) is 11.5 Å². The molecule has 0 saturated heterocycles. The molecule has 0 aliphatic heterocycles. The molecule has 1 aromatic carbocycles. The van der Waals surface area contributed by atoms with E-state index in [-0.39, 0.29) is 0 Å². The Labute approximate surface area is 114 Å². The van der Waals surface area contributed by atoms with Crippen molar-refractivity contribution in [2.75, 3.05) is 11.4 Å². The Kier molecular flexibility index (Phi) is 3.82. The van der Waals surface area contributed by atoms with Crippen LogP contribution in [-0.2, 0) is 0 Å². The first-order valence-corrected chi connectivity index (χ1v) is 6.37. The summed E-state index contributed by atoms with van der Waals surface area (Å²) in [4.78, 5) is 6.58. The van der Waals surface area contributed by atoms with Crippen LogP contribution in [0, 0.1) is 25.2 Å². The van der Waals surface area contributed by atoms with E-state index >= 15 is 0 Å². The average Bonchev–Trinajstić information content (AvgIpc) is 2.42. The molecule has 2 rings (SSSR count). The zero-order valence-electron chi connectivity index (χ0n) is 11.5. The molecule has 3 nitrogen and oxygen atoms in total. The van der Waals surface area contributed by atoms with Crippen molar-refractivity contribution < 1.29 is 0 Å². The minimum Gasteiger partial charge on any atom is -0.326 e. The second-order valence-electron chi connectivity index (χ2n) is 4.52. The number of nitrogens with zero attached hydrogens (tertiary/aromatic N) is 3. The predicted octanol–water partition coefficient (Wildman–Crippen LogP) is 3.73. The van der Waals surface area contributed by atoms with Crippen LogP contribution < -0.4 is 4.90 Å². The van der Waals surface area contributed by atoms with E-state index in [0.29, 0.717) is 5.56 Å². The summed E-state index contributed by atoms with van der Waals surface area (Å²) in [5.74, 6) is 0.730. The highest BCUT2D eigenvalue weighted by molar-refractivity contribution is 5.66. The molecule has 1 heterocycles. The molecule has 0 radical (unpaired) electrons. The van der Waals surface area contributed by atoms with Gasteiger partial charge in [-0.1, -0.05) is 17.7 Å². The molecule has 0 fully saturated rings. The molecule has 0 atom stereocenters. The van der Waals surface area contributed by atoms with Gasteiger partial charge in [0.2, 0.25) is 0 Å². The van der Waals surface area contributed by atoms with Gasteiger partial charge in [-0.3, -0.25) is 0 Å². The Morgan fingerprint density at radius 1 is 1.11 bits per heavy atom. The van der Waals surface area contributed by atoms with E-state index in [1.165, 1.54) is 5.56 Å². The van der Waals surface area contributed by atoms with Crippen LogP contribution in [0.2, 0.25) is 0 Å². The monoisotopic (exact) mass is 251 g/mol. The second-order valence-corrected chi connectivity index (χ2v) is 4.52. The van der Waals surface area contributed by atoms with Gasteiger partial charge < -0.3 is 4.90 Å². The highest BCUT2D eigenvalue weighted by Crippen LogP contribution is 2.26. The summed E-state index contributed by atoms with van der Waals surface area (Å²) in [5, 5.41) is 9.23. The lowest BCUT2D eigenvalue weighted by molar-refractivity contribution is 0.974. The topological polar surface area (TPSA) is 39.9 Å². The van der Waals surface area contributed by atoms with Gasteiger partial charge in [-0.15, -0.1) is 0 Å². The lowest BCUT2D eigenvalue weighted by Crippen LogP contribution is -2.19. The number of hydrogen-bond acceptors (Lipinski definition) is 3. The van der Waals surface area contributed by atoms with Crippen LogP contribution in [0.4, 0.5) is 11.5 Å². The summed E-state index contributed by atoms with van der Waals surface area (Å²) in [6.07, 6.45) is 0. The zero-order valence-corrected chi connectivity index (χ0v) is 11.5. The van der Waals surface area contributed by atoms with E-state index in [9.17, 15) is 5.26 Å². The Bertz CT molecular complexity index is 609. The number of aromatic nitrogens is 1. The van der Waals surface area contributed by atoms with Gasteiger partial charge in [0.25, 0.3) is 0 Å². The standard InChI is InChI=1S/C16H17N3/c1-4-19(15-9-5-12(2)6-10-15)16-14(11-17)8-7-13(3)18-16/h5-10H,4H2,1-3H3. The van der Waals surface area contributed by atoms with Crippen molar-refractivity contribution in [2.24, 2.45) is 0 Å². The Morgan fingerprint density at radius 2 is 1.79 bits per heavy atom. The van der Waals surface area contributed by atoms with Crippen LogP contribution in [0.3, 0.4) is 0 Å². The summed E-state index contributed by atoms with van der Waals surface area (Å²) < 4.78 is 0. The molecule has 0 aliphatic rings. The summed E-state index contributed by atoms with van der Waals surface area (Å²) in [6.45, 7) is 6.83. The van der Waals surface area contributed by atoms with Gasteiger partial charge in [0.15, 0.2) is 5.82 Å². The minimum absolute atomic E-state index is 0.605. The minimum atomic E-state index is 0.605. The van der Waals surface area contributed by atoms with Gasteiger partial charge in [0.1, 0.15) is 6.07 Å². The molecule has 0 N–H and O–H groups in total. The van der Waals surface area contributed by atoms with Crippen molar-refractivity contribution in [1.82, 2.24) is 4.98 Å². The number of anilines is 2. The number of benzene rings is 1. The number of hydrogen-bond donors (Lipinski definition) is 0. The van der Waals surface area contributed by atoms with Crippen molar-refractivity contribution in [2.45, 2.75) is 20.8 Å². The van der Waals surface area contributed by atoms with Gasteiger partial charge in [0, 0.05) is 17.9 Å². The molecular formula is C16H17N3. The number of nitriles is 1. The lowest BCUT2D eigenvalue weighted by atomic mass is 10.2. The molecule has 1 aromatic heterocycles. The third-order valence-corrected chi connectivity index (χ3v) is 3.05. The summed E-state index contributed by atoms with van der Waals surface area (Å²) in [5.41, 5.74) is 3.80. The van der Waals surface area contributed by atoms with Gasteiger partial charge in [-0.25, -0.2) is 4.98 Å². The maximum Gasteiger partial charge on any atom is 0.151 e. The molecule has 0 aliphatic carbocycles. The normalized spacial score (nSPS) is 10.0. The third-order valence-electron chi connectivity index (χ3n) is 3.05. The van der Waals surface area contributed by atoms with Crippen LogP contribution >= 0.6 is 0 Å². The fourth-order valence-electron chi connectivity index (χ4n) is 2.02. The molecule has 19 heavy (non-hydrogen) atoms. The van der Waals surface area contributed by atoms with Gasteiger partial charge in [-0.2, -0.15) is 5.26 Å². The number of aryl methyl sites for hydroxylation is 2. The van der Waals surface area contributed by atoms with Gasteiger partial charge in [0.05, 0.1) is 5.56 Å². The fourth-order valence-corrected chi connectivity index (χ4v) is 2.02. The summed E-state index contributed by atoms with van der Waals surface area (Å²) in [7, 11) is 0. The van der Waals surface area contributed by atoms with Gasteiger partial charge in [-0.05, 0) is 45.0 Å². The van der Waals surface area contributed by atoms with Crippen molar-refractivity contribution >= 4 is 11.5 Å². The Morgan fingerprint density at radius 3 is 2.37 bits per heavy atom. The molecule has 2 aromatic rings. The van der Waals surface area contributed by atoms with E-state index in [2.05, 4.69) is 54.1 Å². The lowest BCUT2D eigenvalue weighted by Gasteiger charge is -2.23. The molecule has 0 bridgehead atoms. The SMILES string of the molecule is CCN(c1ccc(C)cc1)c1nc(C)ccc1C#N. The molecular weight excluding hydrogens is 234 g/mol. The highest BCUT2D eigenvalue weighted by Gasteiger charge is 2.13. The largest absolute Gasteiger partial charge is 0.326 e. The Hall–Kier alpha value is -2.34. The smallest absolute Gasteiger partial charge is 0.151 e. The fraction of sp³-hybridized carbons (Fsp3) is 0.250. The van der Waals surface area contributed by atoms with E-state index in [4.69, 9.17) is 0 Å². The molecule has 96 valence electrons. The van der Waals surface area contributed by atoms with E-state index in [1.54, 1.807) is 0 Å². The average molecular weight is 251 g/mol. The molecule has 0 saturated carbocycles. The maximum atomic E-state index is 9.23. The van der Waals surface area contributed by atoms with Crippen LogP contribution in [0.15, 0.2) is 36.4 Å². The first kappa shape index (κ1) is 13.1. The number of pyridine rings is 1. The van der Waals surface area contributed by atoms with Crippen molar-refractivity contribution in [3.63, 3.8) is 0 Å². The van der Waals surface area contributed by atoms with Crippen LogP contribution in [0.25, 0.3) is 0 Å². The first-order valence-electron chi connectivity index (χ1n) is 6.37. The molecule has 0 amide bonds. The van der Waals surface area contributed by atoms with Crippen molar-refractivity contribution in [3.05, 3.63) is 53.2 Å². The van der Waals surface area contributed by atoms with Crippen LogP contribution in [0.5, 0.6) is 0 Å². The zero-order chi connectivity index (χ0) is 13.8. The van der Waals surface area contributed by atoms with Crippen molar-refractivity contribution in [3.8, 4) is 6.07 Å². The van der Waals surface area contributed by atoms with Crippen molar-refractivity contribution in [1.29, 1.82) is 5.26 Å². The van der Waals surface area contributed by atoms with E-state index in [1.807, 2.05) is 19.1 Å². The van der Waals surface area contributed by atoms with Crippen LogP contribution in [0.1, 0.15) is 23.7 Å². The van der Waals surface area contributed by atoms with E-state index < -0.39 is 0 Å². The molecule has 3 heteroatoms. The first-order chi connectivity index (χ1) is 9.15. The summed E-state index contributed by atoms with van der Waals surface area (Å²) in [6, 6.07) is 14.2. The second kappa shape index (κ2) is 5.53. The predicted molar refractivity (Wildman–Crippen MR) is 77.5 cm³/mol. The van der Waals surface area contributed by atoms with Gasteiger partial charge >= 0.3 is 0 Å². The molecule has 0 unspecified atom stereocenters. The third kappa shape index (κ3) is 2.74.